The zero-order valence-electron chi connectivity index (χ0n) is 28.4. The lowest BCUT2D eigenvalue weighted by molar-refractivity contribution is -0.166. The first-order valence-electron chi connectivity index (χ1n) is 16.9. The zero-order valence-corrected chi connectivity index (χ0v) is 28.4. The van der Waals surface area contributed by atoms with Gasteiger partial charge in [-0.15, -0.1) is 0 Å². The van der Waals surface area contributed by atoms with Gasteiger partial charge in [0.2, 0.25) is 23.6 Å². The van der Waals surface area contributed by atoms with Gasteiger partial charge in [-0.05, 0) is 58.3 Å². The van der Waals surface area contributed by atoms with Gasteiger partial charge in [0, 0.05) is 78.3 Å². The number of rotatable bonds is 28. The highest BCUT2D eigenvalue weighted by Crippen LogP contribution is 2.14. The molecule has 0 spiro atoms. The summed E-state index contributed by atoms with van der Waals surface area (Å²) < 4.78 is 0. The Kier molecular flexibility index (Phi) is 21.3. The molecular weight excluding hydrogens is 628 g/mol. The quantitative estimate of drug-likeness (QED) is 0.0324. The van der Waals surface area contributed by atoms with E-state index in [-0.39, 0.29) is 57.0 Å². The lowest BCUT2D eigenvalue weighted by Crippen LogP contribution is -2.37. The number of nitrogens with one attached hydrogen (secondary N) is 3. The van der Waals surface area contributed by atoms with Crippen LogP contribution in [0.2, 0.25) is 0 Å². The Morgan fingerprint density at radius 1 is 0.562 bits per heavy atom. The number of hydroxylamine groups is 6. The van der Waals surface area contributed by atoms with Gasteiger partial charge >= 0.3 is 0 Å². The predicted molar refractivity (Wildman–Crippen MR) is 177 cm³/mol. The minimum atomic E-state index is -0.552. The number of unbranched alkanes of at least 4 members (excludes halogenated alkanes) is 7. The molecule has 48 heavy (non-hydrogen) atoms. The largest absolute Gasteiger partial charge is 0.380 e. The van der Waals surface area contributed by atoms with E-state index in [0.717, 1.165) is 0 Å². The van der Waals surface area contributed by atoms with Crippen molar-refractivity contribution in [2.24, 2.45) is 0 Å². The zero-order chi connectivity index (χ0) is 35.9. The summed E-state index contributed by atoms with van der Waals surface area (Å²) in [6, 6.07) is 0. The molecule has 0 saturated heterocycles. The van der Waals surface area contributed by atoms with Crippen LogP contribution in [0.5, 0.6) is 0 Å². The van der Waals surface area contributed by atoms with E-state index in [1.807, 2.05) is 6.92 Å². The van der Waals surface area contributed by atoms with Crippen molar-refractivity contribution in [3.8, 4) is 0 Å². The number of amides is 4. The summed E-state index contributed by atoms with van der Waals surface area (Å²) in [7, 11) is 0. The first kappa shape index (κ1) is 42.1. The second-order valence-electron chi connectivity index (χ2n) is 11.7. The Morgan fingerprint density at radius 2 is 1.04 bits per heavy atom. The van der Waals surface area contributed by atoms with Crippen LogP contribution in [0.3, 0.4) is 0 Å². The summed E-state index contributed by atoms with van der Waals surface area (Å²) in [6.07, 6.45) is 6.45. The maximum atomic E-state index is 12.2. The number of hydrogen-bond acceptors (Lipinski definition) is 12. The van der Waals surface area contributed by atoms with Crippen LogP contribution >= 0.6 is 0 Å². The van der Waals surface area contributed by atoms with Crippen LogP contribution in [0.4, 0.5) is 11.4 Å². The first-order valence-corrected chi connectivity index (χ1v) is 16.9. The molecule has 4 amide bonds. The second-order valence-corrected chi connectivity index (χ2v) is 11.7. The van der Waals surface area contributed by atoms with E-state index in [0.29, 0.717) is 117 Å². The molecule has 0 aromatic heterocycles. The topological polar surface area (TPSA) is 226 Å². The molecule has 1 aromatic carbocycles. The molecule has 6 N–H and O–H groups in total. The summed E-state index contributed by atoms with van der Waals surface area (Å²) in [5, 5.41) is 39.6. The first-order chi connectivity index (χ1) is 22.9. The number of Topliss-reactive ketones (excluding diaryl/α,β-unsaturated/α-hetero) is 1. The Hall–Kier alpha value is -3.89. The SMILES string of the molecule is CCNc1c(NCCCCCN(O)C(=O)CCC(=O)CCCCCCN(O)C(=O)CCC(=O)NCCCCCN(O)C(C)=O)c(=O)c1=O. The third kappa shape index (κ3) is 17.3. The van der Waals surface area contributed by atoms with Crippen molar-refractivity contribution in [3.05, 3.63) is 20.4 Å². The Balaban J connectivity index is 2.02. The molecule has 0 bridgehead atoms. The van der Waals surface area contributed by atoms with Gasteiger partial charge in [0.05, 0.1) is 0 Å². The Bertz CT molecular complexity index is 1230. The molecule has 0 aliphatic carbocycles. The molecule has 0 atom stereocenters. The van der Waals surface area contributed by atoms with Gasteiger partial charge in [0.1, 0.15) is 17.2 Å². The highest BCUT2D eigenvalue weighted by molar-refractivity contribution is 5.84. The minimum Gasteiger partial charge on any atom is -0.380 e. The van der Waals surface area contributed by atoms with Crippen molar-refractivity contribution in [1.29, 1.82) is 0 Å². The normalized spacial score (nSPS) is 10.9. The van der Waals surface area contributed by atoms with Crippen molar-refractivity contribution in [2.75, 3.05) is 49.9 Å². The summed E-state index contributed by atoms with van der Waals surface area (Å²) in [6.45, 7) is 5.00. The van der Waals surface area contributed by atoms with Crippen LogP contribution in [0.1, 0.15) is 110 Å². The van der Waals surface area contributed by atoms with E-state index in [4.69, 9.17) is 0 Å². The molecule has 0 aliphatic heterocycles. The molecule has 272 valence electrons. The van der Waals surface area contributed by atoms with Crippen molar-refractivity contribution >= 4 is 40.8 Å². The Labute approximate surface area is 281 Å². The maximum Gasteiger partial charge on any atom is 0.253 e. The van der Waals surface area contributed by atoms with Crippen LogP contribution in [0.25, 0.3) is 0 Å². The third-order valence-electron chi connectivity index (χ3n) is 7.68. The maximum absolute atomic E-state index is 12.2. The number of carbonyl (C=O) groups is 5. The lowest BCUT2D eigenvalue weighted by Gasteiger charge is -2.15. The van der Waals surface area contributed by atoms with Gasteiger partial charge in [0.25, 0.3) is 10.9 Å². The number of nitrogens with zero attached hydrogens (tertiary/aromatic N) is 3. The van der Waals surface area contributed by atoms with Gasteiger partial charge in [-0.2, -0.15) is 0 Å². The van der Waals surface area contributed by atoms with E-state index in [1.54, 1.807) is 0 Å². The summed E-state index contributed by atoms with van der Waals surface area (Å²) in [5.41, 5.74) is -0.435. The molecule has 0 aliphatic rings. The van der Waals surface area contributed by atoms with Crippen LogP contribution in [0.15, 0.2) is 9.59 Å². The van der Waals surface area contributed by atoms with E-state index in [2.05, 4.69) is 16.0 Å². The average Bonchev–Trinajstić information content (AvgIpc) is 3.07. The number of carbonyl (C=O) groups excluding carboxylic acids is 5. The molecule has 1 rings (SSSR count). The Morgan fingerprint density at radius 3 is 1.60 bits per heavy atom. The van der Waals surface area contributed by atoms with Gasteiger partial charge in [-0.1, -0.05) is 12.8 Å². The number of ketones is 1. The fourth-order valence-electron chi connectivity index (χ4n) is 4.76. The van der Waals surface area contributed by atoms with E-state index in [1.165, 1.54) is 6.92 Å². The highest BCUT2D eigenvalue weighted by atomic mass is 16.5. The van der Waals surface area contributed by atoms with E-state index < -0.39 is 28.6 Å². The summed E-state index contributed by atoms with van der Waals surface area (Å²) in [5.74, 6) is -1.89. The average molecular weight is 683 g/mol. The summed E-state index contributed by atoms with van der Waals surface area (Å²) in [4.78, 5) is 82.3. The monoisotopic (exact) mass is 682 g/mol. The lowest BCUT2D eigenvalue weighted by atomic mass is 10.1. The standard InChI is InChI=1S/C32H54N6O10/c1-3-33-29-30(32(45)31(29)44)35-20-10-7-13-23-37(47)27(42)17-15-25(40)14-8-4-5-11-22-38(48)28(43)18-16-26(41)34-19-9-6-12-21-36(46)24(2)39/h33,35,46-48H,3-23H2,1-2H3,(H,34,41). The van der Waals surface area contributed by atoms with E-state index >= 15 is 0 Å². The fraction of sp³-hybridized carbons (Fsp3) is 0.719. The molecule has 16 heteroatoms. The van der Waals surface area contributed by atoms with Crippen molar-refractivity contribution < 1.29 is 39.6 Å². The fourth-order valence-corrected chi connectivity index (χ4v) is 4.76. The smallest absolute Gasteiger partial charge is 0.253 e. The third-order valence-corrected chi connectivity index (χ3v) is 7.68. The molecule has 0 radical (unpaired) electrons. The van der Waals surface area contributed by atoms with Crippen LogP contribution in [-0.4, -0.2) is 99.5 Å². The van der Waals surface area contributed by atoms with Gasteiger partial charge in [0.15, 0.2) is 0 Å². The molecule has 0 heterocycles. The van der Waals surface area contributed by atoms with Crippen molar-refractivity contribution in [1.82, 2.24) is 20.5 Å². The van der Waals surface area contributed by atoms with E-state index in [9.17, 15) is 49.2 Å². The molecule has 0 unspecified atom stereocenters. The number of hydrogen-bond donors (Lipinski definition) is 6. The molecule has 0 saturated carbocycles. The van der Waals surface area contributed by atoms with Crippen LogP contribution in [-0.2, 0) is 24.0 Å². The van der Waals surface area contributed by atoms with Crippen LogP contribution in [0, 0.1) is 0 Å². The molecular formula is C32H54N6O10. The van der Waals surface area contributed by atoms with Gasteiger partial charge in [-0.3, -0.25) is 49.2 Å². The molecule has 1 aromatic rings. The second kappa shape index (κ2) is 24.3. The summed E-state index contributed by atoms with van der Waals surface area (Å²) >= 11 is 0. The van der Waals surface area contributed by atoms with Crippen molar-refractivity contribution in [3.63, 3.8) is 0 Å². The predicted octanol–water partition coefficient (Wildman–Crippen LogP) is 2.34. The molecule has 16 nitrogen and oxygen atoms in total. The molecule has 0 fully saturated rings. The van der Waals surface area contributed by atoms with Gasteiger partial charge in [-0.25, -0.2) is 15.2 Å². The highest BCUT2D eigenvalue weighted by Gasteiger charge is 2.19. The van der Waals surface area contributed by atoms with Crippen molar-refractivity contribution in [2.45, 2.75) is 110 Å². The van der Waals surface area contributed by atoms with Gasteiger partial charge < -0.3 is 16.0 Å². The number of anilines is 2. The van der Waals surface area contributed by atoms with Crippen LogP contribution < -0.4 is 26.8 Å². The minimum absolute atomic E-state index is 0.0336.